The Balaban J connectivity index is 2.15. The molecule has 0 aromatic heterocycles. The molecule has 17 heavy (non-hydrogen) atoms. The molecule has 0 saturated carbocycles. The molecule has 1 aliphatic rings. The molecule has 0 spiro atoms. The lowest BCUT2D eigenvalue weighted by Crippen LogP contribution is -2.20. The van der Waals surface area contributed by atoms with Crippen LogP contribution in [0.1, 0.15) is 10.4 Å². The van der Waals surface area contributed by atoms with E-state index in [1.807, 2.05) is 30.3 Å². The van der Waals surface area contributed by atoms with E-state index in [-0.39, 0.29) is 0 Å². The highest BCUT2D eigenvalue weighted by atomic mass is 31.1. The van der Waals surface area contributed by atoms with Crippen LogP contribution < -0.4 is 15.3 Å². The van der Waals surface area contributed by atoms with Crippen molar-refractivity contribution in [2.75, 3.05) is 0 Å². The Morgan fingerprint density at radius 3 is 2.65 bits per heavy atom. The second-order valence-electron chi connectivity index (χ2n) is 3.71. The molecule has 0 saturated heterocycles. The van der Waals surface area contributed by atoms with E-state index in [0.717, 1.165) is 16.4 Å². The lowest BCUT2D eigenvalue weighted by molar-refractivity contribution is 0.0698. The normalized spacial score (nSPS) is 13.6. The number of hydrogen-bond donors (Lipinski definition) is 1. The van der Waals surface area contributed by atoms with Gasteiger partial charge in [0.2, 0.25) is 0 Å². The van der Waals surface area contributed by atoms with Crippen molar-refractivity contribution >= 4 is 25.2 Å². The number of para-hydroxylation sites is 1. The number of benzene rings is 2. The minimum absolute atomic E-state index is 0.329. The van der Waals surface area contributed by atoms with Gasteiger partial charge in [-0.2, -0.15) is 0 Å². The van der Waals surface area contributed by atoms with Crippen molar-refractivity contribution in [3.63, 3.8) is 0 Å². The third-order valence-electron chi connectivity index (χ3n) is 2.62. The molecular formula is C13H9O3P. The van der Waals surface area contributed by atoms with E-state index in [0.29, 0.717) is 19.9 Å². The maximum absolute atomic E-state index is 11.1. The van der Waals surface area contributed by atoms with Gasteiger partial charge in [0, 0.05) is 10.6 Å². The molecule has 1 atom stereocenters. The number of aromatic carboxylic acids is 1. The highest BCUT2D eigenvalue weighted by molar-refractivity contribution is 7.56. The zero-order valence-electron chi connectivity index (χ0n) is 8.81. The average molecular weight is 244 g/mol. The fourth-order valence-electron chi connectivity index (χ4n) is 1.84. The maximum atomic E-state index is 11.1. The summed E-state index contributed by atoms with van der Waals surface area (Å²) in [4.78, 5) is 11.1. The second-order valence-corrected chi connectivity index (χ2v) is 5.00. The van der Waals surface area contributed by atoms with E-state index < -0.39 is 5.97 Å². The molecule has 0 bridgehead atoms. The highest BCUT2D eigenvalue weighted by Gasteiger charge is 2.21. The van der Waals surface area contributed by atoms with Crippen LogP contribution in [0, 0.1) is 0 Å². The summed E-state index contributed by atoms with van der Waals surface area (Å²) in [5, 5.41) is 11.0. The Morgan fingerprint density at radius 1 is 1.06 bits per heavy atom. The van der Waals surface area contributed by atoms with Crippen LogP contribution in [0.4, 0.5) is 0 Å². The van der Waals surface area contributed by atoms with E-state index in [1.54, 1.807) is 12.1 Å². The lowest BCUT2D eigenvalue weighted by atomic mass is 10.2. The van der Waals surface area contributed by atoms with Crippen LogP contribution in [0.5, 0.6) is 11.5 Å². The molecule has 0 amide bonds. The number of carboxylic acids is 1. The van der Waals surface area contributed by atoms with Crippen molar-refractivity contribution in [2.24, 2.45) is 0 Å². The molecule has 0 radical (unpaired) electrons. The van der Waals surface area contributed by atoms with Crippen LogP contribution in [0.25, 0.3) is 0 Å². The van der Waals surface area contributed by atoms with Gasteiger partial charge in [-0.3, -0.25) is 0 Å². The Morgan fingerprint density at radius 2 is 1.82 bits per heavy atom. The summed E-state index contributed by atoms with van der Waals surface area (Å²) in [6.45, 7) is 0. The molecule has 0 fully saturated rings. The fraction of sp³-hybridized carbons (Fsp3) is 0. The topological polar surface area (TPSA) is 46.5 Å². The molecule has 1 heterocycles. The summed E-state index contributed by atoms with van der Waals surface area (Å²) in [5.41, 5.74) is 0.329. The Labute approximate surface area is 99.8 Å². The van der Waals surface area contributed by atoms with Crippen LogP contribution in [-0.4, -0.2) is 11.1 Å². The molecule has 3 nitrogen and oxygen atoms in total. The molecule has 1 aliphatic heterocycles. The van der Waals surface area contributed by atoms with Crippen molar-refractivity contribution in [1.82, 2.24) is 0 Å². The number of ether oxygens (including phenoxy) is 1. The van der Waals surface area contributed by atoms with Crippen LogP contribution in [0.15, 0.2) is 42.5 Å². The van der Waals surface area contributed by atoms with Gasteiger partial charge in [0.1, 0.15) is 11.5 Å². The van der Waals surface area contributed by atoms with E-state index in [4.69, 9.17) is 9.84 Å². The summed E-state index contributed by atoms with van der Waals surface area (Å²) in [6, 6.07) is 12.9. The van der Waals surface area contributed by atoms with Gasteiger partial charge in [0.15, 0.2) is 0 Å². The van der Waals surface area contributed by atoms with Crippen molar-refractivity contribution < 1.29 is 14.6 Å². The van der Waals surface area contributed by atoms with Crippen LogP contribution in [0.2, 0.25) is 0 Å². The lowest BCUT2D eigenvalue weighted by Gasteiger charge is -2.21. The molecule has 4 heteroatoms. The van der Waals surface area contributed by atoms with Gasteiger partial charge in [0.05, 0.1) is 5.56 Å². The number of rotatable bonds is 1. The zero-order valence-corrected chi connectivity index (χ0v) is 9.81. The summed E-state index contributed by atoms with van der Waals surface area (Å²) < 4.78 is 5.71. The fourth-order valence-corrected chi connectivity index (χ4v) is 3.12. The summed E-state index contributed by atoms with van der Waals surface area (Å²) in [7, 11) is 0.330. The zero-order chi connectivity index (χ0) is 11.8. The number of carboxylic acid groups (broad SMARTS) is 1. The predicted molar refractivity (Wildman–Crippen MR) is 67.5 cm³/mol. The van der Waals surface area contributed by atoms with Gasteiger partial charge in [-0.15, -0.1) is 0 Å². The van der Waals surface area contributed by atoms with Gasteiger partial charge in [-0.25, -0.2) is 4.79 Å². The summed E-state index contributed by atoms with van der Waals surface area (Å²) in [5.74, 6) is 0.570. The molecule has 0 aliphatic carbocycles. The number of fused-ring (bicyclic) bond motifs is 2. The quantitative estimate of drug-likeness (QED) is 0.667. The first kappa shape index (κ1) is 10.3. The van der Waals surface area contributed by atoms with E-state index >= 15 is 0 Å². The van der Waals surface area contributed by atoms with Crippen molar-refractivity contribution in [3.8, 4) is 11.5 Å². The molecule has 2 aromatic rings. The van der Waals surface area contributed by atoms with E-state index in [1.165, 1.54) is 0 Å². The molecule has 2 aromatic carbocycles. The van der Waals surface area contributed by atoms with E-state index in [9.17, 15) is 4.79 Å². The second kappa shape index (κ2) is 3.86. The van der Waals surface area contributed by atoms with Gasteiger partial charge < -0.3 is 9.84 Å². The van der Waals surface area contributed by atoms with Crippen molar-refractivity contribution in [2.45, 2.75) is 0 Å². The molecular weight excluding hydrogens is 235 g/mol. The third kappa shape index (κ3) is 1.69. The minimum Gasteiger partial charge on any atom is -0.478 e. The smallest absolute Gasteiger partial charge is 0.336 e. The summed E-state index contributed by atoms with van der Waals surface area (Å²) in [6.07, 6.45) is 0. The SMILES string of the molecule is O=C(O)c1cccc2c1Pc1ccccc1O2. The van der Waals surface area contributed by atoms with Crippen molar-refractivity contribution in [3.05, 3.63) is 48.0 Å². The number of hydrogen-bond acceptors (Lipinski definition) is 2. The Bertz CT molecular complexity index is 607. The first-order chi connectivity index (χ1) is 8.25. The standard InChI is InChI=1S/C13H9O3P/c14-13(15)8-4-3-6-10-12(8)17-11-7-2-1-5-9(11)16-10/h1-7,17H,(H,14,15). The third-order valence-corrected chi connectivity index (χ3v) is 4.07. The van der Waals surface area contributed by atoms with Crippen molar-refractivity contribution in [1.29, 1.82) is 0 Å². The van der Waals surface area contributed by atoms with Gasteiger partial charge in [0.25, 0.3) is 0 Å². The van der Waals surface area contributed by atoms with Gasteiger partial charge in [-0.1, -0.05) is 32.8 Å². The number of carbonyl (C=O) groups is 1. The van der Waals surface area contributed by atoms with Crippen LogP contribution >= 0.6 is 8.58 Å². The summed E-state index contributed by atoms with van der Waals surface area (Å²) >= 11 is 0. The van der Waals surface area contributed by atoms with Gasteiger partial charge in [-0.05, 0) is 18.2 Å². The molecule has 1 unspecified atom stereocenters. The first-order valence-corrected chi connectivity index (χ1v) is 6.16. The average Bonchev–Trinajstić information content (AvgIpc) is 2.35. The Hall–Kier alpha value is -1.86. The predicted octanol–water partition coefficient (Wildman–Crippen LogP) is 2.12. The molecule has 1 N–H and O–H groups in total. The molecule has 3 rings (SSSR count). The van der Waals surface area contributed by atoms with Crippen LogP contribution in [-0.2, 0) is 0 Å². The highest BCUT2D eigenvalue weighted by Crippen LogP contribution is 2.33. The maximum Gasteiger partial charge on any atom is 0.336 e. The molecule has 84 valence electrons. The van der Waals surface area contributed by atoms with Crippen LogP contribution in [0.3, 0.4) is 0 Å². The van der Waals surface area contributed by atoms with Gasteiger partial charge >= 0.3 is 5.97 Å². The van der Waals surface area contributed by atoms with E-state index in [2.05, 4.69) is 0 Å². The first-order valence-electron chi connectivity index (χ1n) is 5.16. The Kier molecular flexibility index (Phi) is 2.34. The largest absolute Gasteiger partial charge is 0.478 e. The minimum atomic E-state index is -0.905. The monoisotopic (exact) mass is 244 g/mol.